The second-order valence-electron chi connectivity index (χ2n) is 6.37. The normalized spacial score (nSPS) is 11.6. The van der Waals surface area contributed by atoms with Gasteiger partial charge in [0.25, 0.3) is 0 Å². The van der Waals surface area contributed by atoms with E-state index >= 15 is 0 Å². The molecule has 0 aliphatic heterocycles. The fourth-order valence-electron chi connectivity index (χ4n) is 2.71. The number of rotatable bonds is 6. The predicted octanol–water partition coefficient (Wildman–Crippen LogP) is 2.02. The molecule has 8 heteroatoms. The number of likely N-dealkylation sites (N-methyl/N-ethyl adjacent to an activating group) is 1. The summed E-state index contributed by atoms with van der Waals surface area (Å²) >= 11 is 0. The van der Waals surface area contributed by atoms with Crippen LogP contribution in [0.5, 0.6) is 0 Å². The molecule has 1 amide bonds. The lowest BCUT2D eigenvalue weighted by Gasteiger charge is -2.06. The van der Waals surface area contributed by atoms with Gasteiger partial charge in [-0.05, 0) is 44.8 Å². The number of amides is 1. The van der Waals surface area contributed by atoms with Crippen LogP contribution in [-0.4, -0.2) is 51.2 Å². The van der Waals surface area contributed by atoms with Gasteiger partial charge in [-0.3, -0.25) is 4.79 Å². The van der Waals surface area contributed by atoms with Crippen LogP contribution in [0.3, 0.4) is 0 Å². The minimum absolute atomic E-state index is 0.164. The summed E-state index contributed by atoms with van der Waals surface area (Å²) in [6.45, 7) is 2.73. The van der Waals surface area contributed by atoms with Gasteiger partial charge in [0.1, 0.15) is 12.1 Å². The number of benzene rings is 1. The van der Waals surface area contributed by atoms with Crippen LogP contribution in [0.25, 0.3) is 16.7 Å². The molecule has 0 saturated carbocycles. The molecule has 0 spiro atoms. The number of hydrogen-bond donors (Lipinski definition) is 2. The molecule has 0 unspecified atom stereocenters. The van der Waals surface area contributed by atoms with Crippen molar-refractivity contribution < 1.29 is 4.79 Å². The lowest BCUT2D eigenvalue weighted by Crippen LogP contribution is -2.12. The van der Waals surface area contributed by atoms with Gasteiger partial charge in [0.2, 0.25) is 5.91 Å². The Hall–Kier alpha value is -3.26. The Balaban J connectivity index is 1.82. The van der Waals surface area contributed by atoms with Crippen LogP contribution in [0, 0.1) is 0 Å². The van der Waals surface area contributed by atoms with Crippen LogP contribution in [0.1, 0.15) is 12.6 Å². The second-order valence-corrected chi connectivity index (χ2v) is 6.37. The zero-order valence-electron chi connectivity index (χ0n) is 15.7. The van der Waals surface area contributed by atoms with E-state index in [1.807, 2.05) is 56.3 Å². The number of carbonyl (C=O) groups is 1. The van der Waals surface area contributed by atoms with Crippen molar-refractivity contribution in [2.24, 2.45) is 0 Å². The number of nitrogen functional groups attached to an aromatic ring is 1. The van der Waals surface area contributed by atoms with E-state index in [0.29, 0.717) is 23.7 Å². The maximum Gasteiger partial charge on any atom is 0.248 e. The molecular formula is C19H23N7O. The second kappa shape index (κ2) is 7.96. The van der Waals surface area contributed by atoms with Crippen molar-refractivity contribution in [3.63, 3.8) is 0 Å². The van der Waals surface area contributed by atoms with Crippen molar-refractivity contribution in [3.8, 4) is 5.69 Å². The number of nitrogens with one attached hydrogen (secondary N) is 1. The molecule has 0 radical (unpaired) electrons. The minimum Gasteiger partial charge on any atom is -0.383 e. The summed E-state index contributed by atoms with van der Waals surface area (Å²) in [7, 11) is 3.89. The quantitative estimate of drug-likeness (QED) is 0.648. The first kappa shape index (κ1) is 18.5. The first-order valence-corrected chi connectivity index (χ1v) is 8.70. The van der Waals surface area contributed by atoms with Crippen LogP contribution in [-0.2, 0) is 11.2 Å². The lowest BCUT2D eigenvalue weighted by atomic mass is 10.2. The van der Waals surface area contributed by atoms with E-state index in [9.17, 15) is 4.79 Å². The average molecular weight is 365 g/mol. The fourth-order valence-corrected chi connectivity index (χ4v) is 2.71. The molecule has 0 aliphatic rings. The van der Waals surface area contributed by atoms with Gasteiger partial charge in [0.15, 0.2) is 5.65 Å². The van der Waals surface area contributed by atoms with Crippen molar-refractivity contribution >= 4 is 28.4 Å². The van der Waals surface area contributed by atoms with E-state index in [0.717, 1.165) is 23.2 Å². The van der Waals surface area contributed by atoms with Crippen molar-refractivity contribution in [2.45, 2.75) is 13.3 Å². The third-order valence-corrected chi connectivity index (χ3v) is 4.02. The summed E-state index contributed by atoms with van der Waals surface area (Å²) in [6, 6.07) is 7.42. The Morgan fingerprint density at radius 3 is 2.67 bits per heavy atom. The van der Waals surface area contributed by atoms with E-state index in [4.69, 9.17) is 5.73 Å². The van der Waals surface area contributed by atoms with Gasteiger partial charge in [-0.1, -0.05) is 13.0 Å². The van der Waals surface area contributed by atoms with Crippen LogP contribution in [0.4, 0.5) is 11.5 Å². The molecule has 8 nitrogen and oxygen atoms in total. The number of nitrogens with zero attached hydrogens (tertiary/aromatic N) is 5. The molecule has 0 saturated heterocycles. The summed E-state index contributed by atoms with van der Waals surface area (Å²) < 4.78 is 1.74. The van der Waals surface area contributed by atoms with Gasteiger partial charge in [-0.15, -0.1) is 0 Å². The van der Waals surface area contributed by atoms with Gasteiger partial charge in [-0.25, -0.2) is 14.6 Å². The maximum absolute atomic E-state index is 11.9. The Labute approximate surface area is 157 Å². The fraction of sp³-hybridized carbons (Fsp3) is 0.263. The molecule has 0 atom stereocenters. The Morgan fingerprint density at radius 1 is 1.26 bits per heavy atom. The van der Waals surface area contributed by atoms with E-state index in [2.05, 4.69) is 20.4 Å². The summed E-state index contributed by atoms with van der Waals surface area (Å²) in [5, 5.41) is 8.24. The molecule has 1 aromatic carbocycles. The van der Waals surface area contributed by atoms with E-state index in [1.165, 1.54) is 12.4 Å². The highest BCUT2D eigenvalue weighted by Gasteiger charge is 2.15. The number of nitrogens with two attached hydrogens (primary N) is 1. The number of hydrogen-bond acceptors (Lipinski definition) is 6. The highest BCUT2D eigenvalue weighted by Crippen LogP contribution is 2.25. The zero-order valence-corrected chi connectivity index (χ0v) is 15.7. The summed E-state index contributed by atoms with van der Waals surface area (Å²) in [5.74, 6) is 0.263. The van der Waals surface area contributed by atoms with Gasteiger partial charge >= 0.3 is 0 Å². The SMILES string of the molecule is CCc1nn(-c2ccc(NC(=O)C=CCN(C)C)cc2)c2ncnc(N)c12. The summed E-state index contributed by atoms with van der Waals surface area (Å²) in [6.07, 6.45) is 5.51. The van der Waals surface area contributed by atoms with Crippen LogP contribution in [0.2, 0.25) is 0 Å². The zero-order chi connectivity index (χ0) is 19.4. The smallest absolute Gasteiger partial charge is 0.248 e. The molecule has 3 rings (SSSR count). The molecule has 0 bridgehead atoms. The van der Waals surface area contributed by atoms with Crippen molar-refractivity contribution in [1.29, 1.82) is 0 Å². The lowest BCUT2D eigenvalue weighted by molar-refractivity contribution is -0.111. The third kappa shape index (κ3) is 4.12. The van der Waals surface area contributed by atoms with Crippen LogP contribution < -0.4 is 11.1 Å². The van der Waals surface area contributed by atoms with E-state index < -0.39 is 0 Å². The van der Waals surface area contributed by atoms with Crippen molar-refractivity contribution in [2.75, 3.05) is 31.7 Å². The first-order valence-electron chi connectivity index (χ1n) is 8.70. The minimum atomic E-state index is -0.164. The van der Waals surface area contributed by atoms with Gasteiger partial charge in [-0.2, -0.15) is 5.10 Å². The predicted molar refractivity (Wildman–Crippen MR) is 107 cm³/mol. The van der Waals surface area contributed by atoms with E-state index in [-0.39, 0.29) is 5.91 Å². The van der Waals surface area contributed by atoms with Gasteiger partial charge < -0.3 is 16.0 Å². The Morgan fingerprint density at radius 2 is 2.00 bits per heavy atom. The molecule has 3 aromatic rings. The number of aromatic nitrogens is 4. The molecule has 3 N–H and O–H groups in total. The molecule has 27 heavy (non-hydrogen) atoms. The van der Waals surface area contributed by atoms with Crippen LogP contribution in [0.15, 0.2) is 42.7 Å². The molecule has 2 heterocycles. The number of carbonyl (C=O) groups excluding carboxylic acids is 1. The third-order valence-electron chi connectivity index (χ3n) is 4.02. The van der Waals surface area contributed by atoms with Crippen LogP contribution >= 0.6 is 0 Å². The highest BCUT2D eigenvalue weighted by molar-refractivity contribution is 5.99. The number of anilines is 2. The average Bonchev–Trinajstić information content (AvgIpc) is 3.02. The van der Waals surface area contributed by atoms with Crippen molar-refractivity contribution in [3.05, 3.63) is 48.4 Å². The van der Waals surface area contributed by atoms with Gasteiger partial charge in [0, 0.05) is 18.3 Å². The Kier molecular flexibility index (Phi) is 5.46. The molecule has 2 aromatic heterocycles. The maximum atomic E-state index is 11.9. The summed E-state index contributed by atoms with van der Waals surface area (Å²) in [5.41, 5.74) is 9.06. The monoisotopic (exact) mass is 365 g/mol. The number of aryl methyl sites for hydroxylation is 1. The molecule has 140 valence electrons. The van der Waals surface area contributed by atoms with E-state index in [1.54, 1.807) is 4.68 Å². The standard InChI is InChI=1S/C19H23N7O/c1-4-15-17-18(20)21-12-22-19(17)26(24-15)14-9-7-13(8-10-14)23-16(27)6-5-11-25(2)3/h5-10,12H,4,11H2,1-3H3,(H,23,27)(H2,20,21,22). The number of fused-ring (bicyclic) bond motifs is 1. The van der Waals surface area contributed by atoms with Gasteiger partial charge in [0.05, 0.1) is 16.8 Å². The summed E-state index contributed by atoms with van der Waals surface area (Å²) in [4.78, 5) is 22.3. The topological polar surface area (TPSA) is 102 Å². The highest BCUT2D eigenvalue weighted by atomic mass is 16.1. The molecular weight excluding hydrogens is 342 g/mol. The van der Waals surface area contributed by atoms with Crippen molar-refractivity contribution in [1.82, 2.24) is 24.6 Å². The molecule has 0 aliphatic carbocycles. The largest absolute Gasteiger partial charge is 0.383 e. The first-order chi connectivity index (χ1) is 13.0. The molecule has 0 fully saturated rings. The Bertz CT molecular complexity index is 974.